The van der Waals surface area contributed by atoms with E-state index in [2.05, 4.69) is 31.9 Å². The molecule has 0 spiro atoms. The maximum atomic E-state index is 6.17. The lowest BCUT2D eigenvalue weighted by Crippen LogP contribution is -1.94. The van der Waals surface area contributed by atoms with Crippen molar-refractivity contribution in [2.75, 3.05) is 6.61 Å². The third-order valence-corrected chi connectivity index (χ3v) is 3.59. The Hall–Kier alpha value is -0.680. The van der Waals surface area contributed by atoms with Crippen LogP contribution in [0, 0.1) is 0 Å². The molecule has 0 bridgehead atoms. The summed E-state index contributed by atoms with van der Waals surface area (Å²) in [5.74, 6) is 1.86. The average Bonchev–Trinajstić information content (AvgIpc) is 2.41. The fourth-order valence-electron chi connectivity index (χ4n) is 1.52. The van der Waals surface area contributed by atoms with Gasteiger partial charge in [-0.05, 0) is 68.3 Å². The molecule has 0 aromatic heterocycles. The molecule has 0 heterocycles. The molecule has 0 atom stereocenters. The van der Waals surface area contributed by atoms with Crippen LogP contribution in [-0.4, -0.2) is 6.61 Å². The Morgan fingerprint density at radius 2 is 1.81 bits per heavy atom. The SMILES string of the molecule is Clc1cccc(Oc2ccc(OCC=C(Br)Br)c(Cl)c2)c1. The Morgan fingerprint density at radius 1 is 1.05 bits per heavy atom. The van der Waals surface area contributed by atoms with Gasteiger partial charge in [-0.2, -0.15) is 0 Å². The van der Waals surface area contributed by atoms with Gasteiger partial charge in [-0.15, -0.1) is 0 Å². The van der Waals surface area contributed by atoms with E-state index in [-0.39, 0.29) is 0 Å². The van der Waals surface area contributed by atoms with Crippen molar-refractivity contribution in [2.45, 2.75) is 0 Å². The van der Waals surface area contributed by atoms with Crippen molar-refractivity contribution in [2.24, 2.45) is 0 Å². The van der Waals surface area contributed by atoms with Gasteiger partial charge in [0.25, 0.3) is 0 Å². The minimum absolute atomic E-state index is 0.403. The number of hydrogen-bond acceptors (Lipinski definition) is 2. The van der Waals surface area contributed by atoms with Gasteiger partial charge in [-0.1, -0.05) is 29.3 Å². The summed E-state index contributed by atoms with van der Waals surface area (Å²) in [7, 11) is 0. The van der Waals surface area contributed by atoms with Gasteiger partial charge >= 0.3 is 0 Å². The summed E-state index contributed by atoms with van der Waals surface area (Å²) >= 11 is 18.6. The molecule has 2 nitrogen and oxygen atoms in total. The number of hydrogen-bond donors (Lipinski definition) is 0. The van der Waals surface area contributed by atoms with Crippen molar-refractivity contribution in [3.05, 3.63) is 62.0 Å². The first-order chi connectivity index (χ1) is 10.0. The molecular weight excluding hydrogens is 443 g/mol. The van der Waals surface area contributed by atoms with E-state index in [0.29, 0.717) is 33.9 Å². The second-order valence-corrected chi connectivity index (χ2v) is 7.57. The predicted molar refractivity (Wildman–Crippen MR) is 94.4 cm³/mol. The monoisotopic (exact) mass is 450 g/mol. The maximum absolute atomic E-state index is 6.17. The molecule has 2 rings (SSSR count). The van der Waals surface area contributed by atoms with Gasteiger partial charge in [-0.25, -0.2) is 0 Å². The van der Waals surface area contributed by atoms with E-state index in [0.717, 1.165) is 3.39 Å². The molecule has 0 saturated heterocycles. The molecule has 110 valence electrons. The summed E-state index contributed by atoms with van der Waals surface area (Å²) in [5.41, 5.74) is 0. The molecule has 0 aliphatic heterocycles. The summed E-state index contributed by atoms with van der Waals surface area (Å²) in [4.78, 5) is 0. The third kappa shape index (κ3) is 5.55. The fourth-order valence-corrected chi connectivity index (χ4v) is 2.19. The van der Waals surface area contributed by atoms with Crippen molar-refractivity contribution in [1.82, 2.24) is 0 Å². The van der Waals surface area contributed by atoms with Gasteiger partial charge in [-0.3, -0.25) is 0 Å². The van der Waals surface area contributed by atoms with Crippen LogP contribution in [0.25, 0.3) is 0 Å². The summed E-state index contributed by atoms with van der Waals surface area (Å²) in [5, 5.41) is 1.10. The van der Waals surface area contributed by atoms with Gasteiger partial charge in [0.1, 0.15) is 23.9 Å². The topological polar surface area (TPSA) is 18.5 Å². The molecule has 0 aliphatic rings. The molecule has 0 radical (unpaired) electrons. The highest BCUT2D eigenvalue weighted by Crippen LogP contribution is 2.32. The first-order valence-electron chi connectivity index (χ1n) is 5.91. The van der Waals surface area contributed by atoms with E-state index >= 15 is 0 Å². The minimum atomic E-state index is 0.403. The Morgan fingerprint density at radius 3 is 2.48 bits per heavy atom. The molecule has 2 aromatic carbocycles. The Balaban J connectivity index is 2.06. The first kappa shape index (κ1) is 16.7. The van der Waals surface area contributed by atoms with Crippen LogP contribution in [0.5, 0.6) is 17.2 Å². The average molecular weight is 453 g/mol. The van der Waals surface area contributed by atoms with Crippen LogP contribution in [0.2, 0.25) is 10.0 Å². The van der Waals surface area contributed by atoms with Crippen LogP contribution in [-0.2, 0) is 0 Å². The van der Waals surface area contributed by atoms with Gasteiger partial charge in [0, 0.05) is 11.1 Å². The first-order valence-corrected chi connectivity index (χ1v) is 8.26. The molecule has 6 heteroatoms. The third-order valence-electron chi connectivity index (χ3n) is 2.41. The van der Waals surface area contributed by atoms with Gasteiger partial charge in [0.05, 0.1) is 8.41 Å². The largest absolute Gasteiger partial charge is 0.488 e. The van der Waals surface area contributed by atoms with Crippen molar-refractivity contribution in [3.8, 4) is 17.2 Å². The lowest BCUT2D eigenvalue weighted by atomic mass is 10.3. The molecule has 0 amide bonds. The van der Waals surface area contributed by atoms with E-state index in [9.17, 15) is 0 Å². The van der Waals surface area contributed by atoms with Crippen molar-refractivity contribution in [1.29, 1.82) is 0 Å². The van der Waals surface area contributed by atoms with Gasteiger partial charge in [0.2, 0.25) is 0 Å². The summed E-state index contributed by atoms with van der Waals surface area (Å²) in [6.45, 7) is 0.403. The van der Waals surface area contributed by atoms with Crippen molar-refractivity contribution >= 4 is 55.1 Å². The summed E-state index contributed by atoms with van der Waals surface area (Å²) in [6.07, 6.45) is 1.83. The minimum Gasteiger partial charge on any atom is -0.488 e. The second-order valence-electron chi connectivity index (χ2n) is 3.96. The predicted octanol–water partition coefficient (Wildman–Crippen LogP) is 6.80. The standard InChI is InChI=1S/C15H10Br2Cl2O2/c16-15(17)6-7-20-14-5-4-12(9-13(14)19)21-11-3-1-2-10(18)8-11/h1-6,8-9H,7H2. The van der Waals surface area contributed by atoms with Crippen molar-refractivity contribution in [3.63, 3.8) is 0 Å². The van der Waals surface area contributed by atoms with Crippen molar-refractivity contribution < 1.29 is 9.47 Å². The fraction of sp³-hybridized carbons (Fsp3) is 0.0667. The number of rotatable bonds is 5. The summed E-state index contributed by atoms with van der Waals surface area (Å²) < 4.78 is 12.0. The van der Waals surface area contributed by atoms with E-state index in [4.69, 9.17) is 32.7 Å². The van der Waals surface area contributed by atoms with E-state index < -0.39 is 0 Å². The van der Waals surface area contributed by atoms with Crippen LogP contribution in [0.4, 0.5) is 0 Å². The number of benzene rings is 2. The lowest BCUT2D eigenvalue weighted by Gasteiger charge is -2.09. The van der Waals surface area contributed by atoms with Crippen LogP contribution in [0.3, 0.4) is 0 Å². The molecular formula is C15H10Br2Cl2O2. The quantitative estimate of drug-likeness (QED) is 0.497. The highest BCUT2D eigenvalue weighted by molar-refractivity contribution is 9.28. The normalized spacial score (nSPS) is 10.1. The smallest absolute Gasteiger partial charge is 0.138 e. The lowest BCUT2D eigenvalue weighted by molar-refractivity contribution is 0.362. The highest BCUT2D eigenvalue weighted by atomic mass is 79.9. The molecule has 0 N–H and O–H groups in total. The second kappa shape index (κ2) is 8.08. The molecule has 0 unspecified atom stereocenters. The molecule has 21 heavy (non-hydrogen) atoms. The van der Waals surface area contributed by atoms with E-state index in [1.54, 1.807) is 30.3 Å². The van der Waals surface area contributed by atoms with Gasteiger partial charge in [0.15, 0.2) is 0 Å². The summed E-state index contributed by atoms with van der Waals surface area (Å²) in [6, 6.07) is 12.4. The Bertz CT molecular complexity index is 656. The zero-order chi connectivity index (χ0) is 15.2. The highest BCUT2D eigenvalue weighted by Gasteiger charge is 2.05. The number of halogens is 4. The zero-order valence-electron chi connectivity index (χ0n) is 10.7. The van der Waals surface area contributed by atoms with Crippen LogP contribution in [0.15, 0.2) is 51.9 Å². The molecule has 0 saturated carbocycles. The van der Waals surface area contributed by atoms with Crippen LogP contribution in [0.1, 0.15) is 0 Å². The zero-order valence-corrected chi connectivity index (χ0v) is 15.3. The van der Waals surface area contributed by atoms with Gasteiger partial charge < -0.3 is 9.47 Å². The van der Waals surface area contributed by atoms with Crippen LogP contribution < -0.4 is 9.47 Å². The Labute approximate surface area is 149 Å². The molecule has 0 fully saturated rings. The maximum Gasteiger partial charge on any atom is 0.138 e. The number of ether oxygens (including phenoxy) is 2. The van der Waals surface area contributed by atoms with Crippen LogP contribution >= 0.6 is 55.1 Å². The van der Waals surface area contributed by atoms with E-state index in [1.807, 2.05) is 18.2 Å². The molecule has 0 aliphatic carbocycles. The molecule has 2 aromatic rings. The van der Waals surface area contributed by atoms with E-state index in [1.165, 1.54) is 0 Å². The Kier molecular flexibility index (Phi) is 6.42.